The number of thiophene rings is 1. The number of pyridine rings is 3. The Hall–Kier alpha value is -4.30. The van der Waals surface area contributed by atoms with Crippen LogP contribution in [0.15, 0.2) is 78.2 Å². The van der Waals surface area contributed by atoms with E-state index in [9.17, 15) is 0 Å². The third-order valence-corrected chi connectivity index (χ3v) is 8.18. The van der Waals surface area contributed by atoms with E-state index in [1.807, 2.05) is 30.9 Å². The number of hydrogen-bond acceptors (Lipinski definition) is 6. The van der Waals surface area contributed by atoms with E-state index in [1.165, 1.54) is 32.1 Å². The molecule has 0 radical (unpaired) electrons. The molecule has 8 heteroatoms. The molecule has 0 spiro atoms. The fourth-order valence-electron chi connectivity index (χ4n) is 5.49. The number of allylic oxidation sites excluding steroid dienone is 1. The largest absolute Gasteiger partial charge is 0.358 e. The minimum absolute atomic E-state index is 0.533. The lowest BCUT2D eigenvalue weighted by molar-refractivity contribution is 0.405. The van der Waals surface area contributed by atoms with Gasteiger partial charge in [-0.3, -0.25) is 15.1 Å². The van der Waals surface area contributed by atoms with Crippen molar-refractivity contribution in [2.75, 3.05) is 5.32 Å². The SMILES string of the molecule is C=C(Nc1cncc(-c2cnc3n[nH]c(-c4cc5c(-c6ccsc6)nccc5[nH]4)c3c2)c1)C1CCCCC1. The first-order valence-electron chi connectivity index (χ1n) is 13.0. The Morgan fingerprint density at radius 1 is 0.947 bits per heavy atom. The van der Waals surface area contributed by atoms with E-state index >= 15 is 0 Å². The van der Waals surface area contributed by atoms with Crippen molar-refractivity contribution in [1.29, 1.82) is 0 Å². The van der Waals surface area contributed by atoms with E-state index in [1.54, 1.807) is 11.3 Å². The number of nitrogens with one attached hydrogen (secondary N) is 3. The van der Waals surface area contributed by atoms with Crippen LogP contribution in [0.4, 0.5) is 5.69 Å². The molecule has 1 fully saturated rings. The Morgan fingerprint density at radius 3 is 2.71 bits per heavy atom. The third-order valence-electron chi connectivity index (χ3n) is 7.50. The molecule has 1 aliphatic rings. The van der Waals surface area contributed by atoms with Gasteiger partial charge in [0.2, 0.25) is 0 Å². The highest BCUT2D eigenvalue weighted by Crippen LogP contribution is 2.35. The maximum Gasteiger partial charge on any atom is 0.181 e. The Kier molecular flexibility index (Phi) is 5.74. The topological polar surface area (TPSA) is 95.2 Å². The highest BCUT2D eigenvalue weighted by molar-refractivity contribution is 7.08. The van der Waals surface area contributed by atoms with Crippen molar-refractivity contribution in [3.05, 3.63) is 78.2 Å². The molecule has 0 bridgehead atoms. The molecule has 7 nitrogen and oxygen atoms in total. The first-order chi connectivity index (χ1) is 18.7. The Bertz CT molecular complexity index is 1760. The molecule has 0 aliphatic heterocycles. The zero-order valence-corrected chi connectivity index (χ0v) is 21.7. The van der Waals surface area contributed by atoms with Gasteiger partial charge in [-0.2, -0.15) is 16.4 Å². The molecule has 38 heavy (non-hydrogen) atoms. The van der Waals surface area contributed by atoms with Gasteiger partial charge in [0.15, 0.2) is 5.65 Å². The van der Waals surface area contributed by atoms with Gasteiger partial charge in [-0.1, -0.05) is 25.8 Å². The maximum absolute atomic E-state index is 4.65. The third kappa shape index (κ3) is 4.16. The number of aromatic amines is 2. The molecule has 3 N–H and O–H groups in total. The van der Waals surface area contributed by atoms with Crippen molar-refractivity contribution in [3.8, 4) is 33.8 Å². The van der Waals surface area contributed by atoms with Crippen molar-refractivity contribution in [1.82, 2.24) is 30.1 Å². The van der Waals surface area contributed by atoms with Crippen molar-refractivity contribution in [2.24, 2.45) is 5.92 Å². The number of nitrogens with zero attached hydrogens (tertiary/aromatic N) is 4. The summed E-state index contributed by atoms with van der Waals surface area (Å²) in [4.78, 5) is 17.3. The van der Waals surface area contributed by atoms with Crippen LogP contribution in [0.3, 0.4) is 0 Å². The second kappa shape index (κ2) is 9.54. The monoisotopic (exact) mass is 517 g/mol. The van der Waals surface area contributed by atoms with Gasteiger partial charge in [-0.15, -0.1) is 0 Å². The summed E-state index contributed by atoms with van der Waals surface area (Å²) in [6.45, 7) is 4.32. The van der Waals surface area contributed by atoms with E-state index in [0.29, 0.717) is 11.6 Å². The molecule has 0 saturated heterocycles. The number of fused-ring (bicyclic) bond motifs is 2. The normalized spacial score (nSPS) is 14.3. The summed E-state index contributed by atoms with van der Waals surface area (Å²) in [5.74, 6) is 0.533. The van der Waals surface area contributed by atoms with E-state index in [4.69, 9.17) is 0 Å². The summed E-state index contributed by atoms with van der Waals surface area (Å²) in [5.41, 5.74) is 9.66. The van der Waals surface area contributed by atoms with Gasteiger partial charge in [0.1, 0.15) is 0 Å². The van der Waals surface area contributed by atoms with Crippen molar-refractivity contribution < 1.29 is 0 Å². The Morgan fingerprint density at radius 2 is 1.84 bits per heavy atom. The molecule has 0 unspecified atom stereocenters. The molecule has 6 aromatic rings. The average Bonchev–Trinajstić information content (AvgIpc) is 3.73. The van der Waals surface area contributed by atoms with Gasteiger partial charge in [-0.05, 0) is 54.5 Å². The number of aromatic nitrogens is 6. The smallest absolute Gasteiger partial charge is 0.181 e. The second-order valence-corrected chi connectivity index (χ2v) is 10.7. The first-order valence-corrected chi connectivity index (χ1v) is 13.9. The quantitative estimate of drug-likeness (QED) is 0.209. The summed E-state index contributed by atoms with van der Waals surface area (Å²) in [7, 11) is 0. The molecule has 1 saturated carbocycles. The molecular weight excluding hydrogens is 490 g/mol. The molecule has 6 heterocycles. The molecule has 0 aromatic carbocycles. The fourth-order valence-corrected chi connectivity index (χ4v) is 6.13. The summed E-state index contributed by atoms with van der Waals surface area (Å²) in [6.07, 6.45) is 13.7. The minimum Gasteiger partial charge on any atom is -0.358 e. The van der Waals surface area contributed by atoms with Crippen LogP contribution >= 0.6 is 11.3 Å². The van der Waals surface area contributed by atoms with Gasteiger partial charge in [0, 0.05) is 62.6 Å². The van der Waals surface area contributed by atoms with E-state index < -0.39 is 0 Å². The van der Waals surface area contributed by atoms with Crippen LogP contribution in [0.25, 0.3) is 55.7 Å². The average molecular weight is 518 g/mol. The highest BCUT2D eigenvalue weighted by Gasteiger charge is 2.18. The number of H-pyrrole nitrogens is 2. The number of anilines is 1. The summed E-state index contributed by atoms with van der Waals surface area (Å²) in [6, 6.07) is 10.5. The molecule has 0 atom stereocenters. The van der Waals surface area contributed by atoms with E-state index in [2.05, 4.69) is 77.1 Å². The summed E-state index contributed by atoms with van der Waals surface area (Å²) >= 11 is 1.67. The predicted molar refractivity (Wildman–Crippen MR) is 155 cm³/mol. The molecule has 0 amide bonds. The lowest BCUT2D eigenvalue weighted by Gasteiger charge is -2.24. The van der Waals surface area contributed by atoms with E-state index in [0.717, 1.165) is 61.4 Å². The lowest BCUT2D eigenvalue weighted by Crippen LogP contribution is -2.14. The predicted octanol–water partition coefficient (Wildman–Crippen LogP) is 7.80. The Balaban J connectivity index is 1.23. The zero-order chi connectivity index (χ0) is 25.5. The first kappa shape index (κ1) is 22.9. The van der Waals surface area contributed by atoms with Crippen LogP contribution < -0.4 is 5.32 Å². The van der Waals surface area contributed by atoms with Crippen LogP contribution in [0.1, 0.15) is 32.1 Å². The minimum atomic E-state index is 0.533. The summed E-state index contributed by atoms with van der Waals surface area (Å²) < 4.78 is 0. The molecular formula is C30H27N7S. The number of hydrogen-bond donors (Lipinski definition) is 3. The van der Waals surface area contributed by atoms with Crippen LogP contribution in [-0.4, -0.2) is 30.1 Å². The second-order valence-electron chi connectivity index (χ2n) is 9.96. The highest BCUT2D eigenvalue weighted by atomic mass is 32.1. The molecule has 188 valence electrons. The van der Waals surface area contributed by atoms with Gasteiger partial charge < -0.3 is 10.3 Å². The van der Waals surface area contributed by atoms with Gasteiger partial charge in [0.05, 0.1) is 29.0 Å². The van der Waals surface area contributed by atoms with E-state index in [-0.39, 0.29) is 0 Å². The zero-order valence-electron chi connectivity index (χ0n) is 20.9. The van der Waals surface area contributed by atoms with Crippen LogP contribution in [0, 0.1) is 5.92 Å². The standard InChI is InChI=1S/C30H27N7S/c1-18(19-5-3-2-4-6-19)34-23-11-21(14-31-16-23)22-12-25-29(36-37-30(25)33-15-22)27-13-24-26(35-27)7-9-32-28(24)20-8-10-38-17-20/h7-17,19,34-35H,1-6H2,(H,33,36,37). The van der Waals surface area contributed by atoms with Crippen LogP contribution in [-0.2, 0) is 0 Å². The molecule has 7 rings (SSSR count). The molecule has 1 aliphatic carbocycles. The molecule has 6 aromatic heterocycles. The van der Waals surface area contributed by atoms with Crippen LogP contribution in [0.2, 0.25) is 0 Å². The Labute approximate surface area is 224 Å². The summed E-state index contributed by atoms with van der Waals surface area (Å²) in [5, 5.41) is 17.4. The van der Waals surface area contributed by atoms with Gasteiger partial charge >= 0.3 is 0 Å². The fraction of sp³-hybridized carbons (Fsp3) is 0.200. The van der Waals surface area contributed by atoms with Crippen molar-refractivity contribution >= 4 is 39.0 Å². The van der Waals surface area contributed by atoms with Crippen molar-refractivity contribution in [3.63, 3.8) is 0 Å². The van der Waals surface area contributed by atoms with Gasteiger partial charge in [0.25, 0.3) is 0 Å². The number of rotatable bonds is 6. The maximum atomic E-state index is 4.65. The van der Waals surface area contributed by atoms with Crippen LogP contribution in [0.5, 0.6) is 0 Å². The van der Waals surface area contributed by atoms with Crippen molar-refractivity contribution in [2.45, 2.75) is 32.1 Å². The lowest BCUT2D eigenvalue weighted by atomic mass is 9.87. The van der Waals surface area contributed by atoms with Gasteiger partial charge in [-0.25, -0.2) is 4.98 Å².